The topological polar surface area (TPSA) is 46.2 Å². The van der Waals surface area contributed by atoms with Crippen LogP contribution in [0.2, 0.25) is 0 Å². The molecule has 9 heavy (non-hydrogen) atoms. The molecule has 1 heterocycles. The van der Waals surface area contributed by atoms with E-state index in [1.54, 1.807) is 0 Å². The van der Waals surface area contributed by atoms with Crippen LogP contribution in [0, 0.1) is 9.93 Å². The highest BCUT2D eigenvalue weighted by molar-refractivity contribution is 5.14. The van der Waals surface area contributed by atoms with Gasteiger partial charge in [0.15, 0.2) is 0 Å². The summed E-state index contributed by atoms with van der Waals surface area (Å²) in [7, 11) is 0. The highest BCUT2D eigenvalue weighted by Crippen LogP contribution is 1.81. The van der Waals surface area contributed by atoms with Gasteiger partial charge in [0.25, 0.3) is 0 Å². The predicted molar refractivity (Wildman–Crippen MR) is 37.3 cm³/mol. The summed E-state index contributed by atoms with van der Waals surface area (Å²) in [5.41, 5.74) is 0. The maximum Gasteiger partial charge on any atom is 0.000442 e. The van der Waals surface area contributed by atoms with Gasteiger partial charge < -0.3 is 5.32 Å². The highest BCUT2D eigenvalue weighted by Gasteiger charge is 1.67. The molecule has 1 aliphatic rings. The monoisotopic (exact) mass is 125 g/mol. The standard InChI is InChI=1S/C6H7N.O2/c1-2-4-6-7-5-3-1;1-2/h1-7H;. The largest absolute Gasteiger partial charge is 0.368 e. The third kappa shape index (κ3) is 4.47. The van der Waals surface area contributed by atoms with Gasteiger partial charge in [-0.1, -0.05) is 12.2 Å². The Morgan fingerprint density at radius 3 is 1.67 bits per heavy atom. The fraction of sp³-hybridized carbons (Fsp3) is 0. The first-order valence-electron chi connectivity index (χ1n) is 2.41. The molecular weight excluding hydrogens is 118 g/mol. The van der Waals surface area contributed by atoms with Crippen molar-refractivity contribution in [1.29, 1.82) is 0 Å². The summed E-state index contributed by atoms with van der Waals surface area (Å²) in [6.45, 7) is 0. The average Bonchev–Trinajstić information content (AvgIpc) is 2.21. The van der Waals surface area contributed by atoms with E-state index < -0.39 is 0 Å². The van der Waals surface area contributed by atoms with Gasteiger partial charge in [-0.25, -0.2) is 0 Å². The van der Waals surface area contributed by atoms with Crippen molar-refractivity contribution < 1.29 is 0 Å². The van der Waals surface area contributed by atoms with Crippen LogP contribution in [0.3, 0.4) is 0 Å². The van der Waals surface area contributed by atoms with Gasteiger partial charge in [-0.15, -0.1) is 0 Å². The highest BCUT2D eigenvalue weighted by atomic mass is 16.7. The molecule has 0 fully saturated rings. The van der Waals surface area contributed by atoms with Crippen molar-refractivity contribution in [2.75, 3.05) is 0 Å². The zero-order valence-corrected chi connectivity index (χ0v) is 4.78. The van der Waals surface area contributed by atoms with Crippen molar-refractivity contribution in [3.8, 4) is 0 Å². The van der Waals surface area contributed by atoms with Crippen LogP contribution >= 0.6 is 0 Å². The Hall–Kier alpha value is -1.38. The van der Waals surface area contributed by atoms with Crippen molar-refractivity contribution in [2.24, 2.45) is 0 Å². The fourth-order valence-electron chi connectivity index (χ4n) is 0.406. The molecule has 0 atom stereocenters. The molecule has 0 radical (unpaired) electrons. The Morgan fingerprint density at radius 2 is 1.22 bits per heavy atom. The first-order valence-corrected chi connectivity index (χ1v) is 2.41. The summed E-state index contributed by atoms with van der Waals surface area (Å²) in [6, 6.07) is 0. The van der Waals surface area contributed by atoms with Crippen molar-refractivity contribution in [3.63, 3.8) is 0 Å². The minimum Gasteiger partial charge on any atom is -0.368 e. The quantitative estimate of drug-likeness (QED) is 0.529. The number of hydrogen-bond donors (Lipinski definition) is 1. The van der Waals surface area contributed by atoms with Gasteiger partial charge in [0.2, 0.25) is 0 Å². The van der Waals surface area contributed by atoms with Crippen molar-refractivity contribution in [3.05, 3.63) is 46.6 Å². The van der Waals surface area contributed by atoms with Crippen LogP contribution in [0.4, 0.5) is 0 Å². The summed E-state index contributed by atoms with van der Waals surface area (Å²) in [5.74, 6) is 0. The summed E-state index contributed by atoms with van der Waals surface area (Å²) in [5, 5.41) is 2.92. The van der Waals surface area contributed by atoms with Crippen molar-refractivity contribution >= 4 is 0 Å². The van der Waals surface area contributed by atoms with E-state index in [2.05, 4.69) is 5.32 Å². The molecule has 0 aromatic carbocycles. The maximum atomic E-state index is 7.00. The summed E-state index contributed by atoms with van der Waals surface area (Å²) < 4.78 is 0. The normalized spacial score (nSPS) is 12.9. The van der Waals surface area contributed by atoms with Gasteiger partial charge in [-0.2, -0.15) is 0 Å². The lowest BCUT2D eigenvalue weighted by atomic mass is 10.5. The molecule has 3 heteroatoms. The molecular formula is C6H7NO2. The van der Waals surface area contributed by atoms with Gasteiger partial charge in [0.1, 0.15) is 0 Å². The van der Waals surface area contributed by atoms with Crippen LogP contribution in [0.5, 0.6) is 0 Å². The molecule has 0 saturated carbocycles. The Balaban J connectivity index is 0.000000291. The summed E-state index contributed by atoms with van der Waals surface area (Å²) in [4.78, 5) is 14.0. The van der Waals surface area contributed by atoms with Crippen LogP contribution in [0.1, 0.15) is 0 Å². The van der Waals surface area contributed by atoms with Crippen LogP contribution in [-0.2, 0) is 0 Å². The molecule has 0 saturated heterocycles. The molecule has 0 unspecified atom stereocenters. The van der Waals surface area contributed by atoms with Gasteiger partial charge in [0.05, 0.1) is 0 Å². The molecule has 1 N–H and O–H groups in total. The van der Waals surface area contributed by atoms with Gasteiger partial charge in [0, 0.05) is 22.3 Å². The van der Waals surface area contributed by atoms with Crippen molar-refractivity contribution in [2.45, 2.75) is 0 Å². The Kier molecular flexibility index (Phi) is 5.60. The number of rotatable bonds is 0. The predicted octanol–water partition coefficient (Wildman–Crippen LogP) is 1.24. The lowest BCUT2D eigenvalue weighted by molar-refractivity contribution is 1.20. The third-order valence-electron chi connectivity index (χ3n) is 0.718. The van der Waals surface area contributed by atoms with Crippen LogP contribution in [0.25, 0.3) is 0 Å². The second-order valence-corrected chi connectivity index (χ2v) is 1.27. The van der Waals surface area contributed by atoms with Gasteiger partial charge >= 0.3 is 0 Å². The molecule has 0 spiro atoms. The number of hydrogen-bond acceptors (Lipinski definition) is 3. The maximum absolute atomic E-state index is 7.00. The SMILES string of the molecule is C1=CC=CNC=C1.O=O. The Bertz CT molecular complexity index is 124. The van der Waals surface area contributed by atoms with E-state index in [9.17, 15) is 0 Å². The first kappa shape index (κ1) is 7.62. The minimum atomic E-state index is 1.88. The zero-order valence-electron chi connectivity index (χ0n) is 4.78. The Morgan fingerprint density at radius 1 is 0.778 bits per heavy atom. The first-order chi connectivity index (χ1) is 4.50. The van der Waals surface area contributed by atoms with E-state index >= 15 is 0 Å². The minimum absolute atomic E-state index is 1.88. The molecule has 0 amide bonds. The number of nitrogens with one attached hydrogen (secondary N) is 1. The van der Waals surface area contributed by atoms with Crippen LogP contribution in [-0.4, -0.2) is 0 Å². The molecule has 0 bridgehead atoms. The van der Waals surface area contributed by atoms with Gasteiger partial charge in [-0.05, 0) is 12.2 Å². The second kappa shape index (κ2) is 6.62. The molecule has 1 rings (SSSR count). The van der Waals surface area contributed by atoms with E-state index in [0.717, 1.165) is 0 Å². The van der Waals surface area contributed by atoms with Crippen LogP contribution in [0.15, 0.2) is 36.7 Å². The van der Waals surface area contributed by atoms with Crippen LogP contribution < -0.4 is 5.32 Å². The summed E-state index contributed by atoms with van der Waals surface area (Å²) >= 11 is 0. The van der Waals surface area contributed by atoms with E-state index in [-0.39, 0.29) is 0 Å². The average molecular weight is 125 g/mol. The van der Waals surface area contributed by atoms with Gasteiger partial charge in [-0.3, -0.25) is 0 Å². The molecule has 0 aromatic rings. The molecule has 48 valence electrons. The fourth-order valence-corrected chi connectivity index (χ4v) is 0.406. The molecule has 1 aliphatic heterocycles. The van der Waals surface area contributed by atoms with Crippen molar-refractivity contribution in [1.82, 2.24) is 5.32 Å². The van der Waals surface area contributed by atoms with E-state index in [1.807, 2.05) is 36.7 Å². The lowest BCUT2D eigenvalue weighted by Crippen LogP contribution is -1.87. The van der Waals surface area contributed by atoms with E-state index in [0.29, 0.717) is 0 Å². The number of allylic oxidation sites excluding steroid dienone is 4. The second-order valence-electron chi connectivity index (χ2n) is 1.27. The molecule has 3 nitrogen and oxygen atoms in total. The summed E-state index contributed by atoms with van der Waals surface area (Å²) in [6.07, 6.45) is 11.6. The molecule has 0 aromatic heterocycles. The third-order valence-corrected chi connectivity index (χ3v) is 0.718. The smallest absolute Gasteiger partial charge is 0.000442 e. The zero-order chi connectivity index (χ0) is 6.95. The van der Waals surface area contributed by atoms with E-state index in [4.69, 9.17) is 9.93 Å². The Labute approximate surface area is 53.0 Å². The lowest BCUT2D eigenvalue weighted by Gasteiger charge is -1.79. The molecule has 0 aliphatic carbocycles. The van der Waals surface area contributed by atoms with E-state index in [1.165, 1.54) is 0 Å².